The highest BCUT2D eigenvalue weighted by molar-refractivity contribution is 8.13. The number of hydrazone groups is 1. The first-order valence-electron chi connectivity index (χ1n) is 6.95. The van der Waals surface area contributed by atoms with Crippen LogP contribution in [0.1, 0.15) is 10.9 Å². The van der Waals surface area contributed by atoms with E-state index in [0.29, 0.717) is 12.5 Å². The molecule has 1 aromatic carbocycles. The summed E-state index contributed by atoms with van der Waals surface area (Å²) >= 11 is 9.22. The summed E-state index contributed by atoms with van der Waals surface area (Å²) in [6.07, 6.45) is 0. The molecule has 3 aliphatic rings. The van der Waals surface area contributed by atoms with Crippen LogP contribution in [0.5, 0.6) is 0 Å². The molecule has 0 spiro atoms. The second kappa shape index (κ2) is 5.94. The van der Waals surface area contributed by atoms with Crippen LogP contribution in [0.2, 0.25) is 5.02 Å². The van der Waals surface area contributed by atoms with E-state index in [0.717, 1.165) is 21.6 Å². The van der Waals surface area contributed by atoms with E-state index in [1.807, 2.05) is 34.2 Å². The number of hydrogen-bond acceptors (Lipinski definition) is 7. The maximum atomic E-state index is 10.9. The third-order valence-electron chi connectivity index (χ3n) is 3.69. The summed E-state index contributed by atoms with van der Waals surface area (Å²) in [4.78, 5) is 14.9. The number of halogens is 1. The Hall–Kier alpha value is -1.35. The molecule has 4 rings (SSSR count). The molecule has 1 atom stereocenters. The van der Waals surface area contributed by atoms with Crippen LogP contribution in [-0.2, 0) is 4.79 Å². The van der Waals surface area contributed by atoms with Crippen LogP contribution in [0.25, 0.3) is 0 Å². The molecule has 120 valence electrons. The number of amidine groups is 1. The van der Waals surface area contributed by atoms with Crippen LogP contribution in [0, 0.1) is 0 Å². The smallest absolute Gasteiger partial charge is 0.317 e. The molecule has 1 aromatic rings. The topological polar surface area (TPSA) is 59.4 Å². The first-order chi connectivity index (χ1) is 11.1. The zero-order chi connectivity index (χ0) is 16.0. The zero-order valence-electron chi connectivity index (χ0n) is 11.9. The first kappa shape index (κ1) is 15.2. The maximum Gasteiger partial charge on any atom is 0.317 e. The van der Waals surface area contributed by atoms with E-state index in [4.69, 9.17) is 21.8 Å². The van der Waals surface area contributed by atoms with Crippen molar-refractivity contribution in [2.75, 3.05) is 19.1 Å². The number of fused-ring (bicyclic) bond motifs is 3. The van der Waals surface area contributed by atoms with Gasteiger partial charge in [-0.2, -0.15) is 0 Å². The number of carboxylic acid groups (broad SMARTS) is 1. The van der Waals surface area contributed by atoms with Crippen molar-refractivity contribution in [2.45, 2.75) is 5.37 Å². The van der Waals surface area contributed by atoms with Gasteiger partial charge in [0.05, 0.1) is 19.1 Å². The van der Waals surface area contributed by atoms with Crippen molar-refractivity contribution in [2.24, 2.45) is 5.10 Å². The van der Waals surface area contributed by atoms with Gasteiger partial charge in [-0.1, -0.05) is 47.3 Å². The average molecular weight is 369 g/mol. The van der Waals surface area contributed by atoms with Gasteiger partial charge in [-0.05, 0) is 17.7 Å². The van der Waals surface area contributed by atoms with Crippen LogP contribution in [0.15, 0.2) is 40.6 Å². The summed E-state index contributed by atoms with van der Waals surface area (Å²) in [5, 5.41) is 19.5. The van der Waals surface area contributed by atoms with Crippen LogP contribution >= 0.6 is 35.1 Å². The zero-order valence-corrected chi connectivity index (χ0v) is 14.3. The SMILES string of the molecule is O=C(O)CN1CSC2=NN3C(=CSC3c3ccc(Cl)cc3)N2C1. The van der Waals surface area contributed by atoms with Crippen molar-refractivity contribution in [1.82, 2.24) is 14.8 Å². The van der Waals surface area contributed by atoms with Gasteiger partial charge in [0.1, 0.15) is 11.2 Å². The molecular weight excluding hydrogens is 356 g/mol. The minimum Gasteiger partial charge on any atom is -0.480 e. The van der Waals surface area contributed by atoms with Crippen molar-refractivity contribution < 1.29 is 9.90 Å². The molecule has 1 N–H and O–H groups in total. The Morgan fingerprint density at radius 1 is 1.39 bits per heavy atom. The van der Waals surface area contributed by atoms with Crippen molar-refractivity contribution in [3.63, 3.8) is 0 Å². The standard InChI is InChI=1S/C14H13ClN4O2S2/c15-10-3-1-9(2-4-10)13-19-11(6-22-13)18-7-17(5-12(20)21)8-23-14(18)16-19/h1-4,6,13H,5,7-8H2,(H,20,21). The fourth-order valence-corrected chi connectivity index (χ4v) is 4.78. The Labute approximate surface area is 146 Å². The van der Waals surface area contributed by atoms with Gasteiger partial charge in [0.2, 0.25) is 0 Å². The highest BCUT2D eigenvalue weighted by Gasteiger charge is 2.41. The Balaban J connectivity index is 1.53. The molecule has 0 saturated carbocycles. The summed E-state index contributed by atoms with van der Waals surface area (Å²) < 4.78 is 0. The van der Waals surface area contributed by atoms with E-state index in [2.05, 4.69) is 10.3 Å². The van der Waals surface area contributed by atoms with Gasteiger partial charge in [-0.15, -0.1) is 5.10 Å². The van der Waals surface area contributed by atoms with Gasteiger partial charge in [0.15, 0.2) is 5.17 Å². The number of carbonyl (C=O) groups is 1. The van der Waals surface area contributed by atoms with Crippen molar-refractivity contribution in [3.05, 3.63) is 46.1 Å². The second-order valence-corrected chi connectivity index (χ2v) is 7.61. The summed E-state index contributed by atoms with van der Waals surface area (Å²) in [7, 11) is 0. The van der Waals surface area contributed by atoms with Crippen molar-refractivity contribution >= 4 is 46.3 Å². The monoisotopic (exact) mass is 368 g/mol. The Bertz CT molecular complexity index is 709. The fraction of sp³-hybridized carbons (Fsp3) is 0.286. The van der Waals surface area contributed by atoms with Crippen LogP contribution < -0.4 is 0 Å². The Morgan fingerprint density at radius 3 is 2.91 bits per heavy atom. The highest BCUT2D eigenvalue weighted by Crippen LogP contribution is 2.48. The quantitative estimate of drug-likeness (QED) is 0.880. The largest absolute Gasteiger partial charge is 0.480 e. The molecule has 23 heavy (non-hydrogen) atoms. The van der Waals surface area contributed by atoms with Gasteiger partial charge in [0, 0.05) is 10.4 Å². The molecule has 1 fully saturated rings. The lowest BCUT2D eigenvalue weighted by Crippen LogP contribution is -2.45. The predicted molar refractivity (Wildman–Crippen MR) is 92.6 cm³/mol. The third kappa shape index (κ3) is 2.80. The number of thioether (sulfide) groups is 2. The summed E-state index contributed by atoms with van der Waals surface area (Å²) in [6, 6.07) is 7.79. The number of aliphatic carboxylic acids is 1. The Kier molecular flexibility index (Phi) is 3.92. The molecule has 0 bridgehead atoms. The van der Waals surface area contributed by atoms with Crippen LogP contribution in [0.4, 0.5) is 0 Å². The van der Waals surface area contributed by atoms with E-state index in [-0.39, 0.29) is 11.9 Å². The van der Waals surface area contributed by atoms with Gasteiger partial charge in [-0.25, -0.2) is 5.01 Å². The van der Waals surface area contributed by atoms with E-state index in [1.165, 1.54) is 0 Å². The predicted octanol–water partition coefficient (Wildman–Crippen LogP) is 2.82. The molecule has 9 heteroatoms. The first-order valence-corrected chi connectivity index (χ1v) is 9.26. The molecule has 0 aromatic heterocycles. The molecule has 0 aliphatic carbocycles. The lowest BCUT2D eigenvalue weighted by Gasteiger charge is -2.33. The molecule has 3 aliphatic heterocycles. The van der Waals surface area contributed by atoms with E-state index in [9.17, 15) is 4.79 Å². The molecule has 1 saturated heterocycles. The lowest BCUT2D eigenvalue weighted by molar-refractivity contribution is -0.138. The number of carboxylic acids is 1. The minimum atomic E-state index is -0.809. The summed E-state index contributed by atoms with van der Waals surface area (Å²) in [6.45, 7) is 0.589. The van der Waals surface area contributed by atoms with E-state index < -0.39 is 5.97 Å². The van der Waals surface area contributed by atoms with Gasteiger partial charge < -0.3 is 5.11 Å². The van der Waals surface area contributed by atoms with E-state index in [1.54, 1.807) is 23.5 Å². The maximum absolute atomic E-state index is 10.9. The summed E-state index contributed by atoms with van der Waals surface area (Å²) in [5.74, 6) is 0.838. The van der Waals surface area contributed by atoms with Crippen LogP contribution in [0.3, 0.4) is 0 Å². The summed E-state index contributed by atoms with van der Waals surface area (Å²) in [5.41, 5.74) is 1.14. The van der Waals surface area contributed by atoms with Gasteiger partial charge >= 0.3 is 5.97 Å². The van der Waals surface area contributed by atoms with Gasteiger partial charge in [-0.3, -0.25) is 14.6 Å². The number of nitrogens with zero attached hydrogens (tertiary/aromatic N) is 4. The average Bonchev–Trinajstić information content (AvgIpc) is 3.07. The normalized spacial score (nSPS) is 23.4. The second-order valence-electron chi connectivity index (χ2n) is 5.31. The highest BCUT2D eigenvalue weighted by atomic mass is 35.5. The lowest BCUT2D eigenvalue weighted by atomic mass is 10.2. The number of benzene rings is 1. The van der Waals surface area contributed by atoms with Crippen molar-refractivity contribution in [1.29, 1.82) is 0 Å². The molecule has 1 unspecified atom stereocenters. The Morgan fingerprint density at radius 2 is 2.17 bits per heavy atom. The molecule has 6 nitrogen and oxygen atoms in total. The third-order valence-corrected chi connectivity index (χ3v) is 6.07. The van der Waals surface area contributed by atoms with Gasteiger partial charge in [0.25, 0.3) is 0 Å². The molecule has 3 heterocycles. The number of rotatable bonds is 3. The van der Waals surface area contributed by atoms with E-state index >= 15 is 0 Å². The fourth-order valence-electron chi connectivity index (χ4n) is 2.66. The minimum absolute atomic E-state index is 0.0395. The number of hydrogen-bond donors (Lipinski definition) is 1. The van der Waals surface area contributed by atoms with Crippen molar-refractivity contribution in [3.8, 4) is 0 Å². The molecular formula is C14H13ClN4O2S2. The molecule has 0 amide bonds. The molecule has 0 radical (unpaired) electrons. The van der Waals surface area contributed by atoms with Crippen LogP contribution in [-0.4, -0.2) is 50.1 Å².